The molecule has 0 aliphatic carbocycles. The second kappa shape index (κ2) is 9.47. The fourth-order valence-electron chi connectivity index (χ4n) is 4.05. The van der Waals surface area contributed by atoms with Gasteiger partial charge in [-0.3, -0.25) is 4.79 Å². The fraction of sp³-hybridized carbons (Fsp3) is 0.179. The second-order valence-electron chi connectivity index (χ2n) is 8.75. The van der Waals surface area contributed by atoms with Crippen molar-refractivity contribution in [2.45, 2.75) is 31.7 Å². The highest BCUT2D eigenvalue weighted by molar-refractivity contribution is 9.10. The molecule has 0 saturated carbocycles. The number of nitrogens with zero attached hydrogens (tertiary/aromatic N) is 4. The molecule has 35 heavy (non-hydrogen) atoms. The van der Waals surface area contributed by atoms with Gasteiger partial charge in [0, 0.05) is 17.0 Å². The first-order chi connectivity index (χ1) is 16.9. The Labute approximate surface area is 218 Å². The average Bonchev–Trinajstić information content (AvgIpc) is 3.25. The Hall–Kier alpha value is -3.16. The van der Waals surface area contributed by atoms with Gasteiger partial charge < -0.3 is 0 Å². The summed E-state index contributed by atoms with van der Waals surface area (Å²) in [6.45, 7) is 5.93. The third-order valence-corrected chi connectivity index (χ3v) is 7.83. The van der Waals surface area contributed by atoms with E-state index in [1.54, 1.807) is 6.92 Å². The maximum absolute atomic E-state index is 12.5. The summed E-state index contributed by atoms with van der Waals surface area (Å²) in [6.07, 6.45) is 4.12. The number of carbonyl (C=O) groups excluding carboxylic acids is 1. The molecule has 0 fully saturated rings. The third kappa shape index (κ3) is 4.46. The molecule has 5 rings (SSSR count). The quantitative estimate of drug-likeness (QED) is 0.341. The molecule has 2 aliphatic rings. The lowest BCUT2D eigenvalue weighted by atomic mass is 10.00. The van der Waals surface area contributed by atoms with E-state index in [1.165, 1.54) is 17.3 Å². The summed E-state index contributed by atoms with van der Waals surface area (Å²) in [5, 5.41) is 14.2. The topological polar surface area (TPSA) is 48.3 Å². The smallest absolute Gasteiger partial charge is 0.227 e. The molecule has 0 saturated heterocycles. The lowest BCUT2D eigenvalue weighted by Gasteiger charge is -2.43. The standard InChI is InChI=1S/C28H25BrN4OS/c1-19(2)21-9-11-22(12-10-21)26-17-18-28(32(30-26)24-7-5-4-6-8-24)33(31-27(35-28)20(3)34)25-15-13-23(29)14-16-25/h4-19H,1-3H3/t28-/m1/s1. The van der Waals surface area contributed by atoms with Crippen molar-refractivity contribution < 1.29 is 4.79 Å². The van der Waals surface area contributed by atoms with Gasteiger partial charge in [0.05, 0.1) is 17.1 Å². The molecular formula is C28H25BrN4OS. The van der Waals surface area contributed by atoms with Crippen molar-refractivity contribution in [3.8, 4) is 0 Å². The first-order valence-electron chi connectivity index (χ1n) is 11.5. The summed E-state index contributed by atoms with van der Waals surface area (Å²) < 4.78 is 0.974. The van der Waals surface area contributed by atoms with Crippen LogP contribution in [0, 0.1) is 0 Å². The predicted octanol–water partition coefficient (Wildman–Crippen LogP) is 7.16. The van der Waals surface area contributed by atoms with E-state index in [9.17, 15) is 4.79 Å². The fourth-order valence-corrected chi connectivity index (χ4v) is 5.47. The van der Waals surface area contributed by atoms with E-state index in [0.717, 1.165) is 27.1 Å². The highest BCUT2D eigenvalue weighted by atomic mass is 79.9. The predicted molar refractivity (Wildman–Crippen MR) is 150 cm³/mol. The van der Waals surface area contributed by atoms with Crippen LogP contribution in [0.4, 0.5) is 11.4 Å². The molecule has 3 aromatic carbocycles. The number of benzene rings is 3. The zero-order valence-corrected chi connectivity index (χ0v) is 22.1. The number of carbonyl (C=O) groups is 1. The minimum atomic E-state index is -0.864. The number of hydrazone groups is 2. The highest BCUT2D eigenvalue weighted by Crippen LogP contribution is 2.48. The summed E-state index contributed by atoms with van der Waals surface area (Å²) >= 11 is 4.92. The van der Waals surface area contributed by atoms with Gasteiger partial charge in [-0.05, 0) is 71.8 Å². The van der Waals surface area contributed by atoms with E-state index >= 15 is 0 Å². The molecule has 2 aliphatic heterocycles. The molecule has 176 valence electrons. The first-order valence-corrected chi connectivity index (χ1v) is 13.1. The normalized spacial score (nSPS) is 19.3. The van der Waals surface area contributed by atoms with Gasteiger partial charge in [0.1, 0.15) is 0 Å². The van der Waals surface area contributed by atoms with Crippen LogP contribution in [0.5, 0.6) is 0 Å². The van der Waals surface area contributed by atoms with E-state index in [0.29, 0.717) is 11.0 Å². The molecule has 3 aromatic rings. The van der Waals surface area contributed by atoms with Crippen molar-refractivity contribution >= 4 is 55.6 Å². The summed E-state index contributed by atoms with van der Waals surface area (Å²) in [4.78, 5) is 11.6. The second-order valence-corrected chi connectivity index (χ2v) is 10.9. The van der Waals surface area contributed by atoms with Crippen LogP contribution in [0.25, 0.3) is 0 Å². The Morgan fingerprint density at radius 3 is 2.14 bits per heavy atom. The van der Waals surface area contributed by atoms with Crippen molar-refractivity contribution in [1.82, 2.24) is 0 Å². The van der Waals surface area contributed by atoms with E-state index in [4.69, 9.17) is 10.2 Å². The summed E-state index contributed by atoms with van der Waals surface area (Å²) in [5.41, 5.74) is 4.94. The van der Waals surface area contributed by atoms with Crippen LogP contribution < -0.4 is 10.0 Å². The van der Waals surface area contributed by atoms with Crippen LogP contribution in [0.15, 0.2) is 106 Å². The number of allylic oxidation sites excluding steroid dienone is 1. The number of Topliss-reactive ketones (excluding diaryl/α,β-unsaturated/α-hetero) is 1. The van der Waals surface area contributed by atoms with E-state index in [2.05, 4.69) is 60.1 Å². The van der Waals surface area contributed by atoms with E-state index < -0.39 is 4.99 Å². The minimum absolute atomic E-state index is 0.0746. The van der Waals surface area contributed by atoms with Gasteiger partial charge in [0.25, 0.3) is 0 Å². The number of hydrogen-bond acceptors (Lipinski definition) is 6. The highest BCUT2D eigenvalue weighted by Gasteiger charge is 2.50. The number of hydrogen-bond donors (Lipinski definition) is 0. The molecule has 0 N–H and O–H groups in total. The number of para-hydroxylation sites is 1. The van der Waals surface area contributed by atoms with Crippen molar-refractivity contribution in [3.05, 3.63) is 107 Å². The van der Waals surface area contributed by atoms with Crippen LogP contribution >= 0.6 is 27.7 Å². The summed E-state index contributed by atoms with van der Waals surface area (Å²) in [7, 11) is 0. The van der Waals surface area contributed by atoms with Crippen LogP contribution in [0.1, 0.15) is 37.8 Å². The first kappa shape index (κ1) is 23.6. The SMILES string of the molecule is CC(=O)C1=NN(c2ccc(Br)cc2)[C@]2(C=CC(c3ccc(C(C)C)cc3)=NN2c2ccccc2)S1. The van der Waals surface area contributed by atoms with Crippen LogP contribution in [-0.2, 0) is 4.79 Å². The number of halogens is 1. The maximum atomic E-state index is 12.5. The molecular weight excluding hydrogens is 520 g/mol. The van der Waals surface area contributed by atoms with Gasteiger partial charge in [0.15, 0.2) is 10.8 Å². The summed E-state index contributed by atoms with van der Waals surface area (Å²) in [6, 6.07) is 26.5. The molecule has 0 amide bonds. The average molecular weight is 546 g/mol. The van der Waals surface area contributed by atoms with Crippen molar-refractivity contribution in [2.75, 3.05) is 10.0 Å². The Bertz CT molecular complexity index is 1330. The lowest BCUT2D eigenvalue weighted by Crippen LogP contribution is -2.53. The molecule has 2 heterocycles. The Morgan fingerprint density at radius 1 is 0.886 bits per heavy atom. The van der Waals surface area contributed by atoms with Crippen molar-refractivity contribution in [3.63, 3.8) is 0 Å². The molecule has 5 nitrogen and oxygen atoms in total. The van der Waals surface area contributed by atoms with Gasteiger partial charge in [0.2, 0.25) is 4.99 Å². The zero-order valence-electron chi connectivity index (χ0n) is 19.7. The lowest BCUT2D eigenvalue weighted by molar-refractivity contribution is -0.110. The monoisotopic (exact) mass is 544 g/mol. The van der Waals surface area contributed by atoms with Gasteiger partial charge in [-0.2, -0.15) is 10.2 Å². The molecule has 7 heteroatoms. The molecule has 1 atom stereocenters. The maximum Gasteiger partial charge on any atom is 0.227 e. The number of thioether (sulfide) groups is 1. The van der Waals surface area contributed by atoms with Gasteiger partial charge in [-0.25, -0.2) is 10.0 Å². The van der Waals surface area contributed by atoms with Gasteiger partial charge >= 0.3 is 0 Å². The number of anilines is 2. The summed E-state index contributed by atoms with van der Waals surface area (Å²) in [5.74, 6) is 0.392. The van der Waals surface area contributed by atoms with Crippen molar-refractivity contribution in [1.29, 1.82) is 0 Å². The number of rotatable bonds is 5. The van der Waals surface area contributed by atoms with Crippen LogP contribution in [0.2, 0.25) is 0 Å². The molecule has 0 aromatic heterocycles. The van der Waals surface area contributed by atoms with E-state index in [-0.39, 0.29) is 5.78 Å². The third-order valence-electron chi connectivity index (χ3n) is 5.96. The van der Waals surface area contributed by atoms with Crippen LogP contribution in [0.3, 0.4) is 0 Å². The van der Waals surface area contributed by atoms with Crippen LogP contribution in [-0.4, -0.2) is 21.5 Å². The Kier molecular flexibility index (Phi) is 6.38. The Balaban J connectivity index is 1.63. The molecule has 0 radical (unpaired) electrons. The number of ketones is 1. The minimum Gasteiger partial charge on any atom is -0.292 e. The Morgan fingerprint density at radius 2 is 1.51 bits per heavy atom. The molecule has 0 bridgehead atoms. The molecule has 1 spiro atoms. The van der Waals surface area contributed by atoms with Gasteiger partial charge in [-0.15, -0.1) is 0 Å². The van der Waals surface area contributed by atoms with E-state index in [1.807, 2.05) is 70.7 Å². The van der Waals surface area contributed by atoms with Crippen molar-refractivity contribution in [2.24, 2.45) is 10.2 Å². The zero-order chi connectivity index (χ0) is 24.6. The van der Waals surface area contributed by atoms with Gasteiger partial charge in [-0.1, -0.05) is 72.2 Å². The largest absolute Gasteiger partial charge is 0.292 e. The molecule has 0 unspecified atom stereocenters.